The number of hydrogen-bond donors (Lipinski definition) is 1. The van der Waals surface area contributed by atoms with Crippen molar-refractivity contribution in [3.8, 4) is 0 Å². The van der Waals surface area contributed by atoms with E-state index in [1.807, 2.05) is 11.8 Å². The number of aromatic nitrogens is 2. The molecule has 1 saturated heterocycles. The Morgan fingerprint density at radius 3 is 3.19 bits per heavy atom. The van der Waals surface area contributed by atoms with Crippen LogP contribution in [-0.2, 0) is 4.79 Å². The summed E-state index contributed by atoms with van der Waals surface area (Å²) in [5, 5.41) is 2.97. The van der Waals surface area contributed by atoms with Crippen LogP contribution in [0.4, 0.5) is 5.82 Å². The molecular formula is C9H10BrClN4O. The third-order valence-corrected chi connectivity index (χ3v) is 3.21. The molecule has 0 radical (unpaired) electrons. The molecule has 1 fully saturated rings. The van der Waals surface area contributed by atoms with Crippen molar-refractivity contribution in [2.24, 2.45) is 0 Å². The van der Waals surface area contributed by atoms with Gasteiger partial charge in [0, 0.05) is 19.3 Å². The van der Waals surface area contributed by atoms with Gasteiger partial charge in [-0.25, -0.2) is 4.98 Å². The molecule has 0 spiro atoms. The fourth-order valence-corrected chi connectivity index (χ4v) is 2.16. The van der Waals surface area contributed by atoms with Gasteiger partial charge in [-0.05, 0) is 34.5 Å². The second kappa shape index (κ2) is 4.55. The minimum absolute atomic E-state index is 0.00659. The van der Waals surface area contributed by atoms with Crippen molar-refractivity contribution < 1.29 is 4.79 Å². The summed E-state index contributed by atoms with van der Waals surface area (Å²) in [7, 11) is 0. The monoisotopic (exact) mass is 304 g/mol. The predicted molar refractivity (Wildman–Crippen MR) is 64.6 cm³/mol. The Kier molecular flexibility index (Phi) is 3.30. The smallest absolute Gasteiger partial charge is 0.242 e. The highest BCUT2D eigenvalue weighted by atomic mass is 79.9. The van der Waals surface area contributed by atoms with Gasteiger partial charge in [-0.2, -0.15) is 4.98 Å². The minimum atomic E-state index is -0.254. The van der Waals surface area contributed by atoms with Crippen LogP contribution in [0, 0.1) is 0 Å². The number of carbonyl (C=O) groups is 1. The molecule has 1 aromatic heterocycles. The number of rotatable bonds is 1. The van der Waals surface area contributed by atoms with Crippen LogP contribution in [0.25, 0.3) is 0 Å². The number of carbonyl (C=O) groups excluding carboxylic acids is 1. The molecular weight excluding hydrogens is 295 g/mol. The van der Waals surface area contributed by atoms with Crippen molar-refractivity contribution in [2.75, 3.05) is 18.0 Å². The number of anilines is 1. The van der Waals surface area contributed by atoms with Gasteiger partial charge in [0.25, 0.3) is 0 Å². The largest absolute Gasteiger partial charge is 0.353 e. The van der Waals surface area contributed by atoms with Gasteiger partial charge in [0.2, 0.25) is 11.2 Å². The molecule has 0 saturated carbocycles. The third-order valence-electron chi connectivity index (χ3n) is 2.47. The number of nitrogens with zero attached hydrogens (tertiary/aromatic N) is 3. The van der Waals surface area contributed by atoms with Crippen LogP contribution in [0.15, 0.2) is 10.7 Å². The van der Waals surface area contributed by atoms with Crippen molar-refractivity contribution in [1.82, 2.24) is 15.3 Å². The molecule has 0 bridgehead atoms. The number of amides is 1. The van der Waals surface area contributed by atoms with Crippen LogP contribution in [-0.4, -0.2) is 35.0 Å². The normalized spacial score (nSPS) is 20.8. The first-order chi connectivity index (χ1) is 7.59. The standard InChI is InChI=1S/C9H10BrClN4O/c1-5-8(16)12-2-3-15(5)7-6(10)4-13-9(11)14-7/h4-5H,2-3H2,1H3,(H,12,16). The summed E-state index contributed by atoms with van der Waals surface area (Å²) >= 11 is 9.11. The highest BCUT2D eigenvalue weighted by molar-refractivity contribution is 9.10. The number of hydrogen-bond acceptors (Lipinski definition) is 4. The van der Waals surface area contributed by atoms with E-state index in [1.54, 1.807) is 6.20 Å². The van der Waals surface area contributed by atoms with E-state index in [2.05, 4.69) is 31.2 Å². The van der Waals surface area contributed by atoms with Crippen LogP contribution >= 0.6 is 27.5 Å². The van der Waals surface area contributed by atoms with E-state index >= 15 is 0 Å². The van der Waals surface area contributed by atoms with Crippen LogP contribution < -0.4 is 10.2 Å². The second-order valence-corrected chi connectivity index (χ2v) is 4.66. The summed E-state index contributed by atoms with van der Waals surface area (Å²) in [6, 6.07) is -0.254. The molecule has 0 aromatic carbocycles. The molecule has 1 N–H and O–H groups in total. The SMILES string of the molecule is CC1C(=O)NCCN1c1nc(Cl)ncc1Br. The van der Waals surface area contributed by atoms with E-state index in [9.17, 15) is 4.79 Å². The topological polar surface area (TPSA) is 58.1 Å². The summed E-state index contributed by atoms with van der Waals surface area (Å²) in [6.07, 6.45) is 1.59. The molecule has 1 amide bonds. The maximum Gasteiger partial charge on any atom is 0.242 e. The highest BCUT2D eigenvalue weighted by Gasteiger charge is 2.27. The summed E-state index contributed by atoms with van der Waals surface area (Å²) in [4.78, 5) is 21.4. The van der Waals surface area contributed by atoms with Crippen molar-refractivity contribution in [3.05, 3.63) is 16.0 Å². The van der Waals surface area contributed by atoms with Crippen molar-refractivity contribution in [2.45, 2.75) is 13.0 Å². The van der Waals surface area contributed by atoms with E-state index in [-0.39, 0.29) is 17.2 Å². The maximum absolute atomic E-state index is 11.5. The first-order valence-electron chi connectivity index (χ1n) is 4.82. The molecule has 1 aromatic rings. The average molecular weight is 306 g/mol. The number of piperazine rings is 1. The lowest BCUT2D eigenvalue weighted by Crippen LogP contribution is -2.54. The Labute approximate surface area is 106 Å². The average Bonchev–Trinajstić information content (AvgIpc) is 2.26. The fourth-order valence-electron chi connectivity index (χ4n) is 1.61. The zero-order chi connectivity index (χ0) is 11.7. The van der Waals surface area contributed by atoms with Crippen molar-refractivity contribution >= 4 is 39.3 Å². The van der Waals surface area contributed by atoms with Crippen LogP contribution in [0.2, 0.25) is 5.28 Å². The Balaban J connectivity index is 2.35. The van der Waals surface area contributed by atoms with Crippen molar-refractivity contribution in [3.63, 3.8) is 0 Å². The van der Waals surface area contributed by atoms with E-state index in [0.717, 1.165) is 4.47 Å². The van der Waals surface area contributed by atoms with E-state index in [0.29, 0.717) is 18.9 Å². The Bertz CT molecular complexity index is 428. The van der Waals surface area contributed by atoms with Crippen molar-refractivity contribution in [1.29, 1.82) is 0 Å². The minimum Gasteiger partial charge on any atom is -0.353 e. The van der Waals surface area contributed by atoms with Gasteiger partial charge < -0.3 is 10.2 Å². The lowest BCUT2D eigenvalue weighted by Gasteiger charge is -2.34. The van der Waals surface area contributed by atoms with E-state index in [4.69, 9.17) is 11.6 Å². The Morgan fingerprint density at radius 2 is 2.44 bits per heavy atom. The zero-order valence-electron chi connectivity index (χ0n) is 8.57. The highest BCUT2D eigenvalue weighted by Crippen LogP contribution is 2.26. The van der Waals surface area contributed by atoms with Crippen LogP contribution in [0.5, 0.6) is 0 Å². The van der Waals surface area contributed by atoms with Gasteiger partial charge in [0.1, 0.15) is 11.9 Å². The first kappa shape index (κ1) is 11.6. The van der Waals surface area contributed by atoms with Gasteiger partial charge in [0.05, 0.1) is 4.47 Å². The van der Waals surface area contributed by atoms with Gasteiger partial charge in [-0.15, -0.1) is 0 Å². The summed E-state index contributed by atoms with van der Waals surface area (Å²) < 4.78 is 0.735. The molecule has 1 aliphatic heterocycles. The molecule has 1 aliphatic rings. The van der Waals surface area contributed by atoms with Gasteiger partial charge in [-0.3, -0.25) is 4.79 Å². The Morgan fingerprint density at radius 1 is 1.69 bits per heavy atom. The van der Waals surface area contributed by atoms with Gasteiger partial charge in [-0.1, -0.05) is 0 Å². The summed E-state index contributed by atoms with van der Waals surface area (Å²) in [5.41, 5.74) is 0. The zero-order valence-corrected chi connectivity index (χ0v) is 10.9. The summed E-state index contributed by atoms with van der Waals surface area (Å²) in [5.74, 6) is 0.648. The Hall–Kier alpha value is -0.880. The molecule has 2 rings (SSSR count). The molecule has 1 atom stereocenters. The molecule has 2 heterocycles. The van der Waals surface area contributed by atoms with Crippen LogP contribution in [0.3, 0.4) is 0 Å². The molecule has 7 heteroatoms. The van der Waals surface area contributed by atoms with E-state index in [1.165, 1.54) is 0 Å². The maximum atomic E-state index is 11.5. The molecule has 16 heavy (non-hydrogen) atoms. The van der Waals surface area contributed by atoms with Gasteiger partial charge >= 0.3 is 0 Å². The number of halogens is 2. The molecule has 5 nitrogen and oxygen atoms in total. The predicted octanol–water partition coefficient (Wildman–Crippen LogP) is 1.22. The first-order valence-corrected chi connectivity index (χ1v) is 5.99. The van der Waals surface area contributed by atoms with Gasteiger partial charge in [0.15, 0.2) is 0 Å². The quantitative estimate of drug-likeness (QED) is 0.793. The fraction of sp³-hybridized carbons (Fsp3) is 0.444. The van der Waals surface area contributed by atoms with Crippen LogP contribution in [0.1, 0.15) is 6.92 Å². The molecule has 1 unspecified atom stereocenters. The molecule has 86 valence electrons. The number of nitrogens with one attached hydrogen (secondary N) is 1. The molecule has 0 aliphatic carbocycles. The lowest BCUT2D eigenvalue weighted by molar-refractivity contribution is -0.122. The summed E-state index contributed by atoms with van der Waals surface area (Å²) in [6.45, 7) is 3.15. The van der Waals surface area contributed by atoms with E-state index < -0.39 is 0 Å². The third kappa shape index (κ3) is 2.12. The second-order valence-electron chi connectivity index (χ2n) is 3.47. The lowest BCUT2D eigenvalue weighted by atomic mass is 10.2.